The van der Waals surface area contributed by atoms with E-state index in [4.69, 9.17) is 9.84 Å². The number of carbonyl (C=O) groups is 1. The van der Waals surface area contributed by atoms with Crippen molar-refractivity contribution in [1.82, 2.24) is 0 Å². The van der Waals surface area contributed by atoms with Gasteiger partial charge in [-0.05, 0) is 60.3 Å². The zero-order valence-electron chi connectivity index (χ0n) is 10.6. The number of hydrogen-bond donors (Lipinski definition) is 1. The molecule has 1 atom stereocenters. The van der Waals surface area contributed by atoms with Crippen LogP contribution >= 0.6 is 0 Å². The van der Waals surface area contributed by atoms with E-state index in [1.807, 2.05) is 6.07 Å². The molecule has 96 valence electrons. The van der Waals surface area contributed by atoms with Gasteiger partial charge in [0.15, 0.2) is 0 Å². The highest BCUT2D eigenvalue weighted by Gasteiger charge is 2.53. The monoisotopic (exact) mass is 246 g/mol. The molecule has 1 fully saturated rings. The van der Waals surface area contributed by atoms with Crippen LogP contribution in [0.5, 0.6) is 5.75 Å². The van der Waals surface area contributed by atoms with Crippen LogP contribution in [0.25, 0.3) is 0 Å². The van der Waals surface area contributed by atoms with E-state index < -0.39 is 5.97 Å². The summed E-state index contributed by atoms with van der Waals surface area (Å²) in [6, 6.07) is 6.27. The minimum absolute atomic E-state index is 0.139. The number of ether oxygens (including phenoxy) is 1. The number of benzene rings is 1. The maximum Gasteiger partial charge on any atom is 0.303 e. The fraction of sp³-hybridized carbons (Fsp3) is 0.533. The standard InChI is InChI=1S/C15H18O3/c1-18-12-5-3-10-2-4-11(8-14(16)17)15(6-7-15)13(10)9-12/h3,5,9,11H,2,4,6-8H2,1H3,(H,16,17). The summed E-state index contributed by atoms with van der Waals surface area (Å²) < 4.78 is 5.30. The Labute approximate surface area is 107 Å². The second kappa shape index (κ2) is 4.01. The molecule has 1 aromatic carbocycles. The summed E-state index contributed by atoms with van der Waals surface area (Å²) in [6.45, 7) is 0. The topological polar surface area (TPSA) is 46.5 Å². The third kappa shape index (κ3) is 1.69. The van der Waals surface area contributed by atoms with E-state index >= 15 is 0 Å². The number of carboxylic acids is 1. The Kier molecular flexibility index (Phi) is 2.58. The van der Waals surface area contributed by atoms with Crippen molar-refractivity contribution in [3.05, 3.63) is 29.3 Å². The molecule has 3 rings (SSSR count). The van der Waals surface area contributed by atoms with Gasteiger partial charge in [0, 0.05) is 6.42 Å². The maximum atomic E-state index is 11.0. The van der Waals surface area contributed by atoms with Gasteiger partial charge in [0.05, 0.1) is 7.11 Å². The molecule has 1 saturated carbocycles. The van der Waals surface area contributed by atoms with Crippen LogP contribution in [0.15, 0.2) is 18.2 Å². The van der Waals surface area contributed by atoms with Crippen LogP contribution in [0.2, 0.25) is 0 Å². The second-order valence-electron chi connectivity index (χ2n) is 5.51. The van der Waals surface area contributed by atoms with Gasteiger partial charge in [-0.15, -0.1) is 0 Å². The molecule has 18 heavy (non-hydrogen) atoms. The molecule has 2 aliphatic carbocycles. The first-order valence-corrected chi connectivity index (χ1v) is 6.55. The highest BCUT2D eigenvalue weighted by atomic mass is 16.5. The van der Waals surface area contributed by atoms with Crippen LogP contribution < -0.4 is 4.74 Å². The van der Waals surface area contributed by atoms with E-state index in [0.29, 0.717) is 12.3 Å². The molecule has 1 unspecified atom stereocenters. The lowest BCUT2D eigenvalue weighted by molar-refractivity contribution is -0.138. The number of aliphatic carboxylic acids is 1. The number of methoxy groups -OCH3 is 1. The smallest absolute Gasteiger partial charge is 0.303 e. The summed E-state index contributed by atoms with van der Waals surface area (Å²) in [6.07, 6.45) is 4.57. The Morgan fingerprint density at radius 3 is 2.89 bits per heavy atom. The van der Waals surface area contributed by atoms with Gasteiger partial charge in [-0.1, -0.05) is 6.07 Å². The van der Waals surface area contributed by atoms with Crippen molar-refractivity contribution in [1.29, 1.82) is 0 Å². The van der Waals surface area contributed by atoms with E-state index in [9.17, 15) is 4.79 Å². The van der Waals surface area contributed by atoms with Gasteiger partial charge in [0.1, 0.15) is 5.75 Å². The summed E-state index contributed by atoms with van der Waals surface area (Å²) >= 11 is 0. The molecule has 0 saturated heterocycles. The van der Waals surface area contributed by atoms with E-state index in [0.717, 1.165) is 31.4 Å². The van der Waals surface area contributed by atoms with Gasteiger partial charge in [0.25, 0.3) is 0 Å². The minimum atomic E-state index is -0.669. The van der Waals surface area contributed by atoms with Crippen molar-refractivity contribution < 1.29 is 14.6 Å². The van der Waals surface area contributed by atoms with Crippen LogP contribution in [-0.4, -0.2) is 18.2 Å². The number of fused-ring (bicyclic) bond motifs is 2. The summed E-state index contributed by atoms with van der Waals surface area (Å²) in [7, 11) is 1.68. The van der Waals surface area contributed by atoms with Gasteiger partial charge in [-0.3, -0.25) is 4.79 Å². The lowest BCUT2D eigenvalue weighted by atomic mass is 9.71. The highest BCUT2D eigenvalue weighted by Crippen LogP contribution is 2.59. The lowest BCUT2D eigenvalue weighted by Gasteiger charge is -2.33. The second-order valence-corrected chi connectivity index (χ2v) is 5.51. The third-order valence-electron chi connectivity index (χ3n) is 4.61. The molecule has 0 aromatic heterocycles. The minimum Gasteiger partial charge on any atom is -0.497 e. The van der Waals surface area contributed by atoms with Gasteiger partial charge in [0.2, 0.25) is 0 Å². The maximum absolute atomic E-state index is 11.0. The molecule has 3 nitrogen and oxygen atoms in total. The molecular formula is C15H18O3. The van der Waals surface area contributed by atoms with Crippen molar-refractivity contribution in [2.24, 2.45) is 5.92 Å². The molecule has 1 spiro atoms. The number of rotatable bonds is 3. The number of carboxylic acid groups (broad SMARTS) is 1. The van der Waals surface area contributed by atoms with Crippen molar-refractivity contribution in [2.45, 2.75) is 37.5 Å². The largest absolute Gasteiger partial charge is 0.497 e. The average Bonchev–Trinajstić information content (AvgIpc) is 3.14. The first kappa shape index (κ1) is 11.6. The molecule has 0 bridgehead atoms. The number of aryl methyl sites for hydroxylation is 1. The molecule has 1 N–H and O–H groups in total. The Morgan fingerprint density at radius 1 is 1.50 bits per heavy atom. The van der Waals surface area contributed by atoms with Crippen LogP contribution in [0.3, 0.4) is 0 Å². The zero-order chi connectivity index (χ0) is 12.8. The predicted octanol–water partition coefficient (Wildman–Crippen LogP) is 2.76. The first-order chi connectivity index (χ1) is 8.65. The van der Waals surface area contributed by atoms with Gasteiger partial charge < -0.3 is 9.84 Å². The Morgan fingerprint density at radius 2 is 2.28 bits per heavy atom. The Hall–Kier alpha value is -1.51. The molecule has 0 heterocycles. The molecule has 0 amide bonds. The summed E-state index contributed by atoms with van der Waals surface area (Å²) in [5.41, 5.74) is 2.87. The van der Waals surface area contributed by atoms with Crippen LogP contribution in [0, 0.1) is 5.92 Å². The molecule has 1 aromatic rings. The third-order valence-corrected chi connectivity index (χ3v) is 4.61. The van der Waals surface area contributed by atoms with Crippen molar-refractivity contribution in [3.8, 4) is 5.75 Å². The van der Waals surface area contributed by atoms with Crippen LogP contribution in [0.1, 0.15) is 36.8 Å². The van der Waals surface area contributed by atoms with Crippen LogP contribution in [-0.2, 0) is 16.6 Å². The molecule has 3 heteroatoms. The first-order valence-electron chi connectivity index (χ1n) is 6.55. The quantitative estimate of drug-likeness (QED) is 0.892. The summed E-state index contributed by atoms with van der Waals surface area (Å²) in [5, 5.41) is 9.05. The summed E-state index contributed by atoms with van der Waals surface area (Å²) in [5.74, 6) is 0.517. The van der Waals surface area contributed by atoms with Crippen molar-refractivity contribution in [3.63, 3.8) is 0 Å². The van der Waals surface area contributed by atoms with Gasteiger partial charge in [-0.2, -0.15) is 0 Å². The molecule has 2 aliphatic rings. The predicted molar refractivity (Wildman–Crippen MR) is 68.0 cm³/mol. The van der Waals surface area contributed by atoms with Gasteiger partial charge in [-0.25, -0.2) is 0 Å². The fourth-order valence-corrected chi connectivity index (χ4v) is 3.51. The molecular weight excluding hydrogens is 228 g/mol. The summed E-state index contributed by atoms with van der Waals surface area (Å²) in [4.78, 5) is 11.0. The van der Waals surface area contributed by atoms with E-state index in [1.54, 1.807) is 7.11 Å². The Bertz CT molecular complexity index is 489. The van der Waals surface area contributed by atoms with Crippen molar-refractivity contribution >= 4 is 5.97 Å². The number of hydrogen-bond acceptors (Lipinski definition) is 2. The normalized spacial score (nSPS) is 23.5. The molecule has 0 aliphatic heterocycles. The Balaban J connectivity index is 1.98. The van der Waals surface area contributed by atoms with Crippen LogP contribution in [0.4, 0.5) is 0 Å². The molecule has 0 radical (unpaired) electrons. The van der Waals surface area contributed by atoms with Gasteiger partial charge >= 0.3 is 5.97 Å². The highest BCUT2D eigenvalue weighted by molar-refractivity contribution is 5.68. The van der Waals surface area contributed by atoms with E-state index in [1.165, 1.54) is 11.1 Å². The zero-order valence-corrected chi connectivity index (χ0v) is 10.6. The average molecular weight is 246 g/mol. The lowest BCUT2D eigenvalue weighted by Crippen LogP contribution is -2.29. The fourth-order valence-electron chi connectivity index (χ4n) is 3.51. The van der Waals surface area contributed by atoms with Crippen molar-refractivity contribution in [2.75, 3.05) is 7.11 Å². The van der Waals surface area contributed by atoms with E-state index in [2.05, 4.69) is 12.1 Å². The van der Waals surface area contributed by atoms with E-state index in [-0.39, 0.29) is 5.41 Å². The SMILES string of the molecule is COc1ccc2c(c1)C1(CC1)C(CC(=O)O)CC2.